The highest BCUT2D eigenvalue weighted by Crippen LogP contribution is 2.58. The van der Waals surface area contributed by atoms with Crippen molar-refractivity contribution in [3.8, 4) is 0 Å². The number of hydrogen-bond donors (Lipinski definition) is 1. The van der Waals surface area contributed by atoms with Crippen LogP contribution in [0, 0.1) is 17.8 Å². The number of carbonyl (C=O) groups is 1. The second-order valence-electron chi connectivity index (χ2n) is 6.99. The van der Waals surface area contributed by atoms with Crippen LogP contribution in [0.4, 0.5) is 0 Å². The Morgan fingerprint density at radius 2 is 1.85 bits per heavy atom. The molecule has 4 nitrogen and oxygen atoms in total. The Balaban J connectivity index is 1.72. The average Bonchev–Trinajstić information content (AvgIpc) is 2.79. The fourth-order valence-corrected chi connectivity index (χ4v) is 5.67. The maximum absolute atomic E-state index is 11.9. The SMILES string of the molecule is CNC(=O)c1nn(C23CC4CC(CC(C4)C2)C3)cc1Br. The van der Waals surface area contributed by atoms with Crippen LogP contribution >= 0.6 is 15.9 Å². The van der Waals surface area contributed by atoms with Crippen molar-refractivity contribution in [2.24, 2.45) is 17.8 Å². The van der Waals surface area contributed by atoms with Gasteiger partial charge in [-0.1, -0.05) is 0 Å². The molecule has 108 valence electrons. The van der Waals surface area contributed by atoms with Gasteiger partial charge < -0.3 is 5.32 Å². The predicted molar refractivity (Wildman–Crippen MR) is 79.5 cm³/mol. The van der Waals surface area contributed by atoms with Gasteiger partial charge in [0.25, 0.3) is 5.91 Å². The van der Waals surface area contributed by atoms with Gasteiger partial charge in [0.05, 0.1) is 10.0 Å². The molecule has 5 heteroatoms. The first-order chi connectivity index (χ1) is 9.59. The smallest absolute Gasteiger partial charge is 0.272 e. The van der Waals surface area contributed by atoms with Gasteiger partial charge in [0, 0.05) is 13.2 Å². The van der Waals surface area contributed by atoms with E-state index in [1.165, 1.54) is 38.5 Å². The Morgan fingerprint density at radius 1 is 1.30 bits per heavy atom. The minimum atomic E-state index is -0.111. The van der Waals surface area contributed by atoms with E-state index in [4.69, 9.17) is 0 Å². The Hall–Kier alpha value is -0.840. The molecule has 1 N–H and O–H groups in total. The molecule has 0 spiro atoms. The van der Waals surface area contributed by atoms with E-state index >= 15 is 0 Å². The topological polar surface area (TPSA) is 46.9 Å². The van der Waals surface area contributed by atoms with Crippen molar-refractivity contribution in [1.29, 1.82) is 0 Å². The summed E-state index contributed by atoms with van der Waals surface area (Å²) in [6.45, 7) is 0. The molecule has 4 aliphatic rings. The first-order valence-electron chi connectivity index (χ1n) is 7.57. The van der Waals surface area contributed by atoms with Crippen LogP contribution in [-0.2, 0) is 5.54 Å². The number of nitrogens with one attached hydrogen (secondary N) is 1. The maximum atomic E-state index is 11.9. The van der Waals surface area contributed by atoms with Crippen molar-refractivity contribution in [3.05, 3.63) is 16.4 Å². The largest absolute Gasteiger partial charge is 0.354 e. The minimum absolute atomic E-state index is 0.111. The summed E-state index contributed by atoms with van der Waals surface area (Å²) in [4.78, 5) is 11.9. The summed E-state index contributed by atoms with van der Waals surface area (Å²) in [7, 11) is 1.65. The monoisotopic (exact) mass is 337 g/mol. The molecule has 0 radical (unpaired) electrons. The molecule has 20 heavy (non-hydrogen) atoms. The fraction of sp³-hybridized carbons (Fsp3) is 0.733. The highest BCUT2D eigenvalue weighted by atomic mass is 79.9. The van der Waals surface area contributed by atoms with E-state index in [0.29, 0.717) is 5.69 Å². The zero-order chi connectivity index (χ0) is 13.9. The zero-order valence-electron chi connectivity index (χ0n) is 11.7. The molecule has 0 unspecified atom stereocenters. The third-order valence-corrected chi connectivity index (χ3v) is 6.18. The number of halogens is 1. The second kappa shape index (κ2) is 4.33. The molecule has 1 heterocycles. The molecule has 1 aromatic heterocycles. The van der Waals surface area contributed by atoms with Gasteiger partial charge in [-0.15, -0.1) is 0 Å². The Bertz CT molecular complexity index is 530. The van der Waals surface area contributed by atoms with Crippen LogP contribution in [0.1, 0.15) is 49.0 Å². The Labute approximate surface area is 127 Å². The van der Waals surface area contributed by atoms with Crippen molar-refractivity contribution in [1.82, 2.24) is 15.1 Å². The lowest BCUT2D eigenvalue weighted by Crippen LogP contribution is -2.52. The lowest BCUT2D eigenvalue weighted by molar-refractivity contribution is -0.0495. The van der Waals surface area contributed by atoms with Crippen LogP contribution in [-0.4, -0.2) is 22.7 Å². The van der Waals surface area contributed by atoms with Gasteiger partial charge in [0.15, 0.2) is 5.69 Å². The quantitative estimate of drug-likeness (QED) is 0.901. The van der Waals surface area contributed by atoms with Crippen LogP contribution in [0.3, 0.4) is 0 Å². The van der Waals surface area contributed by atoms with Crippen LogP contribution in [0.15, 0.2) is 10.7 Å². The lowest BCUT2D eigenvalue weighted by atomic mass is 9.53. The Kier molecular flexibility index (Phi) is 2.78. The molecule has 1 aromatic rings. The summed E-state index contributed by atoms with van der Waals surface area (Å²) in [6.07, 6.45) is 10.0. The molecule has 4 saturated carbocycles. The van der Waals surface area contributed by atoms with E-state index < -0.39 is 0 Å². The summed E-state index contributed by atoms with van der Waals surface area (Å²) in [5.41, 5.74) is 0.701. The van der Waals surface area contributed by atoms with Gasteiger partial charge in [0.2, 0.25) is 0 Å². The highest BCUT2D eigenvalue weighted by molar-refractivity contribution is 9.10. The van der Waals surface area contributed by atoms with Crippen LogP contribution in [0.2, 0.25) is 0 Å². The van der Waals surface area contributed by atoms with Crippen molar-refractivity contribution in [2.45, 2.75) is 44.1 Å². The van der Waals surface area contributed by atoms with Crippen molar-refractivity contribution >= 4 is 21.8 Å². The van der Waals surface area contributed by atoms with E-state index in [1.807, 2.05) is 6.20 Å². The standard InChI is InChI=1S/C15H20BrN3O/c1-17-14(20)13-12(16)8-19(18-13)15-5-9-2-10(6-15)4-11(3-9)7-15/h8-11H,2-7H2,1H3,(H,17,20). The fourth-order valence-electron chi connectivity index (χ4n) is 5.21. The second-order valence-corrected chi connectivity index (χ2v) is 7.85. The molecule has 4 aliphatic carbocycles. The average molecular weight is 338 g/mol. The van der Waals surface area contributed by atoms with Gasteiger partial charge in [-0.2, -0.15) is 5.10 Å². The number of carbonyl (C=O) groups excluding carboxylic acids is 1. The zero-order valence-corrected chi connectivity index (χ0v) is 13.3. The van der Waals surface area contributed by atoms with Crippen LogP contribution in [0.5, 0.6) is 0 Å². The first kappa shape index (κ1) is 12.9. The molecule has 0 aromatic carbocycles. The lowest BCUT2D eigenvalue weighted by Gasteiger charge is -2.56. The van der Waals surface area contributed by atoms with Gasteiger partial charge in [-0.05, 0) is 72.2 Å². The normalized spacial score (nSPS) is 38.2. The van der Waals surface area contributed by atoms with E-state index in [0.717, 1.165) is 22.2 Å². The molecule has 4 fully saturated rings. The van der Waals surface area contributed by atoms with Crippen molar-refractivity contribution < 1.29 is 4.79 Å². The number of aromatic nitrogens is 2. The molecule has 0 atom stereocenters. The molecule has 0 saturated heterocycles. The van der Waals surface area contributed by atoms with Crippen LogP contribution < -0.4 is 5.32 Å². The number of amides is 1. The van der Waals surface area contributed by atoms with Gasteiger partial charge in [-0.25, -0.2) is 0 Å². The summed E-state index contributed by atoms with van der Waals surface area (Å²) in [6, 6.07) is 0. The van der Waals surface area contributed by atoms with E-state index in [1.54, 1.807) is 7.05 Å². The third kappa shape index (κ3) is 1.78. The van der Waals surface area contributed by atoms with Crippen molar-refractivity contribution in [2.75, 3.05) is 7.05 Å². The number of rotatable bonds is 2. The minimum Gasteiger partial charge on any atom is -0.354 e. The summed E-state index contributed by atoms with van der Waals surface area (Å²) in [5, 5.41) is 7.29. The molecule has 1 amide bonds. The molecular formula is C15H20BrN3O. The Morgan fingerprint density at radius 3 is 2.35 bits per heavy atom. The van der Waals surface area contributed by atoms with Crippen molar-refractivity contribution in [3.63, 3.8) is 0 Å². The molecule has 0 aliphatic heterocycles. The van der Waals surface area contributed by atoms with Gasteiger partial charge in [0.1, 0.15) is 0 Å². The maximum Gasteiger partial charge on any atom is 0.272 e. The van der Waals surface area contributed by atoms with E-state index in [9.17, 15) is 4.79 Å². The van der Waals surface area contributed by atoms with Gasteiger partial charge in [-0.3, -0.25) is 9.48 Å². The van der Waals surface area contributed by atoms with E-state index in [-0.39, 0.29) is 11.4 Å². The summed E-state index contributed by atoms with van der Waals surface area (Å²) >= 11 is 3.49. The van der Waals surface area contributed by atoms with Crippen LogP contribution in [0.25, 0.3) is 0 Å². The highest BCUT2D eigenvalue weighted by Gasteiger charge is 2.52. The molecular weight excluding hydrogens is 318 g/mol. The summed E-state index contributed by atoms with van der Waals surface area (Å²) in [5.74, 6) is 2.54. The molecule has 5 rings (SSSR count). The van der Waals surface area contributed by atoms with Gasteiger partial charge >= 0.3 is 0 Å². The summed E-state index contributed by atoms with van der Waals surface area (Å²) < 4.78 is 2.93. The predicted octanol–water partition coefficient (Wildman–Crippen LogP) is 2.93. The first-order valence-corrected chi connectivity index (χ1v) is 8.37. The van der Waals surface area contributed by atoms with E-state index in [2.05, 4.69) is 31.0 Å². The molecule has 4 bridgehead atoms. The number of nitrogens with zero attached hydrogens (tertiary/aromatic N) is 2. The third-order valence-electron chi connectivity index (χ3n) is 5.60. The number of hydrogen-bond acceptors (Lipinski definition) is 2.